The Kier molecular flexibility index (Phi) is 6.81. The van der Waals surface area contributed by atoms with Crippen LogP contribution in [0.15, 0.2) is 59.9 Å². The summed E-state index contributed by atoms with van der Waals surface area (Å²) in [6.07, 6.45) is 6.53. The third-order valence-corrected chi connectivity index (χ3v) is 7.05. The SMILES string of the molecule is C[C@@H]1CCC[C@H](n2cnc(-c3cc(Cl)ccc3C(=O)O)cc2=O)c2cc(ccn2)-c2c(cnn2C)NC1=O. The van der Waals surface area contributed by atoms with Gasteiger partial charge >= 0.3 is 5.97 Å². The lowest BCUT2D eigenvalue weighted by atomic mass is 9.97. The van der Waals surface area contributed by atoms with Gasteiger partial charge in [0.05, 0.1) is 46.9 Å². The van der Waals surface area contributed by atoms with E-state index in [1.807, 2.05) is 19.1 Å². The number of aromatic nitrogens is 5. The van der Waals surface area contributed by atoms with Crippen LogP contribution in [0.5, 0.6) is 0 Å². The second kappa shape index (κ2) is 10.2. The van der Waals surface area contributed by atoms with Gasteiger partial charge in [0.1, 0.15) is 0 Å². The highest BCUT2D eigenvalue weighted by Crippen LogP contribution is 2.32. The first-order chi connectivity index (χ1) is 18.2. The first-order valence-corrected chi connectivity index (χ1v) is 12.5. The van der Waals surface area contributed by atoms with E-state index in [9.17, 15) is 19.5 Å². The second-order valence-corrected chi connectivity index (χ2v) is 9.79. The van der Waals surface area contributed by atoms with E-state index in [1.165, 1.54) is 35.2 Å². The molecular formula is C27H25ClN6O4. The molecule has 0 aliphatic carbocycles. The summed E-state index contributed by atoms with van der Waals surface area (Å²) in [6.45, 7) is 1.87. The third-order valence-electron chi connectivity index (χ3n) is 6.81. The molecule has 2 atom stereocenters. The number of halogens is 1. The molecule has 1 amide bonds. The van der Waals surface area contributed by atoms with Crippen molar-refractivity contribution in [2.45, 2.75) is 32.2 Å². The fraction of sp³-hybridized carbons (Fsp3) is 0.259. The number of nitrogens with zero attached hydrogens (tertiary/aromatic N) is 5. The number of aryl methyl sites for hydroxylation is 1. The van der Waals surface area contributed by atoms with Crippen LogP contribution in [0.25, 0.3) is 22.5 Å². The molecule has 194 valence electrons. The maximum atomic E-state index is 13.4. The predicted octanol–water partition coefficient (Wildman–Crippen LogP) is 4.41. The normalized spacial score (nSPS) is 17.6. The van der Waals surface area contributed by atoms with E-state index >= 15 is 0 Å². The third kappa shape index (κ3) is 4.82. The number of carboxylic acid groups (broad SMARTS) is 1. The van der Waals surface area contributed by atoms with Crippen LogP contribution < -0.4 is 10.9 Å². The number of amides is 1. The van der Waals surface area contributed by atoms with Crippen LogP contribution in [0.4, 0.5) is 5.69 Å². The number of carboxylic acids is 1. The quantitative estimate of drug-likeness (QED) is 0.399. The average Bonchev–Trinajstić information content (AvgIpc) is 3.25. The number of aromatic carboxylic acids is 1. The smallest absolute Gasteiger partial charge is 0.336 e. The van der Waals surface area contributed by atoms with Crippen molar-refractivity contribution in [3.05, 3.63) is 81.8 Å². The molecule has 0 fully saturated rings. The van der Waals surface area contributed by atoms with Gasteiger partial charge in [-0.25, -0.2) is 9.78 Å². The lowest BCUT2D eigenvalue weighted by molar-refractivity contribution is -0.119. The summed E-state index contributed by atoms with van der Waals surface area (Å²) in [5.41, 5.74) is 2.92. The lowest BCUT2D eigenvalue weighted by Crippen LogP contribution is -2.27. The van der Waals surface area contributed by atoms with Gasteiger partial charge in [0, 0.05) is 41.4 Å². The summed E-state index contributed by atoms with van der Waals surface area (Å²) in [7, 11) is 1.80. The fourth-order valence-corrected chi connectivity index (χ4v) is 4.96. The summed E-state index contributed by atoms with van der Waals surface area (Å²) in [6, 6.07) is 8.94. The maximum absolute atomic E-state index is 13.4. The van der Waals surface area contributed by atoms with Crippen LogP contribution in [0.3, 0.4) is 0 Å². The van der Waals surface area contributed by atoms with Gasteiger partial charge in [0.25, 0.3) is 5.56 Å². The molecule has 5 rings (SSSR count). The predicted molar refractivity (Wildman–Crippen MR) is 142 cm³/mol. The number of benzene rings is 1. The van der Waals surface area contributed by atoms with Crippen molar-refractivity contribution in [3.63, 3.8) is 0 Å². The molecule has 10 nitrogen and oxygen atoms in total. The lowest BCUT2D eigenvalue weighted by Gasteiger charge is -2.22. The minimum Gasteiger partial charge on any atom is -0.478 e. The average molecular weight is 533 g/mol. The minimum atomic E-state index is -1.14. The number of hydrogen-bond acceptors (Lipinski definition) is 6. The molecule has 0 unspecified atom stereocenters. The van der Waals surface area contributed by atoms with Crippen LogP contribution in [0, 0.1) is 5.92 Å². The summed E-state index contributed by atoms with van der Waals surface area (Å²) < 4.78 is 3.19. The summed E-state index contributed by atoms with van der Waals surface area (Å²) in [5, 5.41) is 17.2. The van der Waals surface area contributed by atoms with Gasteiger partial charge in [-0.2, -0.15) is 5.10 Å². The summed E-state index contributed by atoms with van der Waals surface area (Å²) in [4.78, 5) is 47.0. The van der Waals surface area contributed by atoms with Crippen LogP contribution in [-0.4, -0.2) is 41.3 Å². The standard InChI is InChI=1S/C27H25ClN6O4/c1-15-4-3-5-23(21-10-16(8-9-29-21)25-22(32-26(15)36)13-31-33(25)2)34-14-30-20(12-24(34)35)19-11-17(28)6-7-18(19)27(37)38/h6-15,23H,3-5H2,1-2H3,(H,32,36)(H,37,38)/t15-,23+/m1/s1. The zero-order valence-electron chi connectivity index (χ0n) is 20.8. The van der Waals surface area contributed by atoms with Crippen molar-refractivity contribution in [2.24, 2.45) is 13.0 Å². The first-order valence-electron chi connectivity index (χ1n) is 12.1. The van der Waals surface area contributed by atoms with Crippen molar-refractivity contribution in [1.82, 2.24) is 24.3 Å². The Labute approximate surface area is 222 Å². The Morgan fingerprint density at radius 3 is 2.71 bits per heavy atom. The van der Waals surface area contributed by atoms with Crippen LogP contribution in [-0.2, 0) is 11.8 Å². The Balaban J connectivity index is 1.61. The Morgan fingerprint density at radius 1 is 1.13 bits per heavy atom. The number of hydrogen-bond donors (Lipinski definition) is 2. The molecule has 3 aromatic heterocycles. The molecule has 0 spiro atoms. The van der Waals surface area contributed by atoms with Gasteiger partial charge in [-0.3, -0.25) is 23.8 Å². The number of fused-ring (bicyclic) bond motifs is 4. The molecule has 2 bridgehead atoms. The van der Waals surface area contributed by atoms with Crippen molar-refractivity contribution < 1.29 is 14.7 Å². The highest BCUT2D eigenvalue weighted by Gasteiger charge is 2.24. The van der Waals surface area contributed by atoms with E-state index in [-0.39, 0.29) is 34.2 Å². The molecule has 38 heavy (non-hydrogen) atoms. The maximum Gasteiger partial charge on any atom is 0.336 e. The highest BCUT2D eigenvalue weighted by molar-refractivity contribution is 6.31. The zero-order chi connectivity index (χ0) is 27.0. The second-order valence-electron chi connectivity index (χ2n) is 9.35. The Bertz CT molecular complexity index is 1610. The largest absolute Gasteiger partial charge is 0.478 e. The van der Waals surface area contributed by atoms with E-state index in [0.717, 1.165) is 11.3 Å². The number of anilines is 1. The van der Waals surface area contributed by atoms with Gasteiger partial charge in [0.15, 0.2) is 0 Å². The molecule has 4 aromatic rings. The summed E-state index contributed by atoms with van der Waals surface area (Å²) >= 11 is 6.10. The molecule has 4 heterocycles. The van der Waals surface area contributed by atoms with E-state index in [4.69, 9.17) is 11.6 Å². The fourth-order valence-electron chi connectivity index (χ4n) is 4.79. The van der Waals surface area contributed by atoms with Crippen molar-refractivity contribution in [3.8, 4) is 22.5 Å². The molecule has 1 aliphatic rings. The van der Waals surface area contributed by atoms with Crippen molar-refractivity contribution in [2.75, 3.05) is 5.32 Å². The van der Waals surface area contributed by atoms with Gasteiger partial charge < -0.3 is 10.4 Å². The summed E-state index contributed by atoms with van der Waals surface area (Å²) in [5.74, 6) is -1.48. The Morgan fingerprint density at radius 2 is 1.95 bits per heavy atom. The molecule has 11 heteroatoms. The van der Waals surface area contributed by atoms with Crippen LogP contribution in [0.2, 0.25) is 5.02 Å². The number of carbonyl (C=O) groups excluding carboxylic acids is 1. The van der Waals surface area contributed by atoms with E-state index < -0.39 is 12.0 Å². The van der Waals surface area contributed by atoms with E-state index in [0.29, 0.717) is 35.7 Å². The Hall–Kier alpha value is -4.31. The molecule has 0 saturated carbocycles. The molecule has 0 saturated heterocycles. The molecule has 2 N–H and O–H groups in total. The van der Waals surface area contributed by atoms with Crippen LogP contribution in [0.1, 0.15) is 48.3 Å². The van der Waals surface area contributed by atoms with Gasteiger partial charge in [-0.15, -0.1) is 0 Å². The van der Waals surface area contributed by atoms with E-state index in [1.54, 1.807) is 24.1 Å². The van der Waals surface area contributed by atoms with Gasteiger partial charge in [-0.1, -0.05) is 24.9 Å². The number of pyridine rings is 1. The van der Waals surface area contributed by atoms with Crippen molar-refractivity contribution >= 4 is 29.2 Å². The van der Waals surface area contributed by atoms with Gasteiger partial charge in [-0.05, 0) is 43.2 Å². The van der Waals surface area contributed by atoms with Crippen LogP contribution >= 0.6 is 11.6 Å². The molecule has 1 aromatic carbocycles. The molecule has 0 radical (unpaired) electrons. The van der Waals surface area contributed by atoms with E-state index in [2.05, 4.69) is 20.4 Å². The van der Waals surface area contributed by atoms with Gasteiger partial charge in [0.2, 0.25) is 5.91 Å². The number of carbonyl (C=O) groups is 2. The number of nitrogens with one attached hydrogen (secondary N) is 1. The monoisotopic (exact) mass is 532 g/mol. The topological polar surface area (TPSA) is 132 Å². The molecular weight excluding hydrogens is 508 g/mol. The first kappa shape index (κ1) is 25.3. The van der Waals surface area contributed by atoms with Crippen molar-refractivity contribution in [1.29, 1.82) is 0 Å². The molecule has 1 aliphatic heterocycles. The minimum absolute atomic E-state index is 0.00123. The number of rotatable bonds is 3. The zero-order valence-corrected chi connectivity index (χ0v) is 21.5. The highest BCUT2D eigenvalue weighted by atomic mass is 35.5.